The summed E-state index contributed by atoms with van der Waals surface area (Å²) in [5.74, 6) is 0.917. The second kappa shape index (κ2) is 6.77. The normalized spacial score (nSPS) is 22.2. The van der Waals surface area contributed by atoms with Crippen LogP contribution in [0.1, 0.15) is 31.2 Å². The largest absolute Gasteiger partial charge is 0.368 e. The third-order valence-corrected chi connectivity index (χ3v) is 5.80. The lowest BCUT2D eigenvalue weighted by atomic mass is 10.0. The highest BCUT2D eigenvalue weighted by atomic mass is 19.1. The number of anilines is 1. The molecule has 0 bridgehead atoms. The highest BCUT2D eigenvalue weighted by Crippen LogP contribution is 2.41. The molecule has 1 saturated heterocycles. The van der Waals surface area contributed by atoms with E-state index in [9.17, 15) is 9.18 Å². The summed E-state index contributed by atoms with van der Waals surface area (Å²) >= 11 is 0. The van der Waals surface area contributed by atoms with E-state index in [1.807, 2.05) is 23.6 Å². The minimum atomic E-state index is -0.443. The van der Waals surface area contributed by atoms with Gasteiger partial charge in [0.2, 0.25) is 5.91 Å². The summed E-state index contributed by atoms with van der Waals surface area (Å²) in [6, 6.07) is 2.71. The van der Waals surface area contributed by atoms with Gasteiger partial charge in [-0.25, -0.2) is 19.3 Å². The number of nitrogens with zero attached hydrogens (tertiary/aromatic N) is 5. The Labute approximate surface area is 167 Å². The summed E-state index contributed by atoms with van der Waals surface area (Å²) in [7, 11) is 0. The van der Waals surface area contributed by atoms with Gasteiger partial charge < -0.3 is 16.0 Å². The van der Waals surface area contributed by atoms with Crippen molar-refractivity contribution in [1.82, 2.24) is 24.7 Å². The molecule has 3 N–H and O–H groups in total. The Morgan fingerprint density at radius 3 is 2.93 bits per heavy atom. The Morgan fingerprint density at radius 1 is 1.34 bits per heavy atom. The zero-order valence-electron chi connectivity index (χ0n) is 16.0. The van der Waals surface area contributed by atoms with E-state index in [1.165, 1.54) is 6.07 Å². The van der Waals surface area contributed by atoms with Crippen LogP contribution >= 0.6 is 0 Å². The number of hydrogen-bond donors (Lipinski definition) is 2. The zero-order valence-corrected chi connectivity index (χ0v) is 16.0. The van der Waals surface area contributed by atoms with Crippen LogP contribution in [0.15, 0.2) is 30.7 Å². The Bertz CT molecular complexity index is 1090. The maximum absolute atomic E-state index is 14.3. The van der Waals surface area contributed by atoms with Crippen molar-refractivity contribution in [2.45, 2.75) is 37.8 Å². The van der Waals surface area contributed by atoms with Gasteiger partial charge in [0.05, 0.1) is 12.2 Å². The van der Waals surface area contributed by atoms with Crippen molar-refractivity contribution in [3.63, 3.8) is 0 Å². The molecule has 0 spiro atoms. The molecule has 1 aliphatic carbocycles. The molecular weight excluding hydrogens is 373 g/mol. The highest BCUT2D eigenvalue weighted by Gasteiger charge is 2.32. The van der Waals surface area contributed by atoms with Gasteiger partial charge in [0.1, 0.15) is 29.0 Å². The molecule has 0 aromatic carbocycles. The minimum absolute atomic E-state index is 0.137. The first-order valence-electron chi connectivity index (χ1n) is 9.82. The van der Waals surface area contributed by atoms with E-state index in [4.69, 9.17) is 10.7 Å². The molecule has 1 saturated carbocycles. The van der Waals surface area contributed by atoms with E-state index in [-0.39, 0.29) is 23.7 Å². The fraction of sp³-hybridized carbons (Fsp3) is 0.400. The lowest BCUT2D eigenvalue weighted by Gasteiger charge is -2.39. The molecule has 5 rings (SSSR count). The van der Waals surface area contributed by atoms with Gasteiger partial charge in [0.25, 0.3) is 0 Å². The van der Waals surface area contributed by atoms with Crippen molar-refractivity contribution < 1.29 is 9.18 Å². The average Bonchev–Trinajstić information content (AvgIpc) is 3.47. The van der Waals surface area contributed by atoms with Gasteiger partial charge in [-0.1, -0.05) is 0 Å². The number of primary amides is 1. The van der Waals surface area contributed by atoms with Gasteiger partial charge in [-0.15, -0.1) is 0 Å². The quantitative estimate of drug-likeness (QED) is 0.694. The number of rotatable bonds is 4. The number of nitrogens with two attached hydrogens (primary N) is 1. The molecule has 0 radical (unpaired) electrons. The maximum atomic E-state index is 14.3. The molecule has 1 amide bonds. The summed E-state index contributed by atoms with van der Waals surface area (Å²) in [5, 5.41) is 3.15. The smallest absolute Gasteiger partial charge is 0.236 e. The third-order valence-electron chi connectivity index (χ3n) is 5.80. The molecule has 1 aliphatic heterocycles. The summed E-state index contributed by atoms with van der Waals surface area (Å²) in [6.07, 6.45) is 7.20. The first-order valence-corrected chi connectivity index (χ1v) is 9.82. The number of nitrogens with one attached hydrogen (secondary N) is 1. The molecule has 9 heteroatoms. The minimum Gasteiger partial charge on any atom is -0.368 e. The Hall–Kier alpha value is -3.07. The van der Waals surface area contributed by atoms with E-state index < -0.39 is 6.04 Å². The molecule has 2 aliphatic rings. The van der Waals surface area contributed by atoms with Gasteiger partial charge in [0.15, 0.2) is 5.82 Å². The van der Waals surface area contributed by atoms with Gasteiger partial charge in [-0.3, -0.25) is 9.20 Å². The van der Waals surface area contributed by atoms with Crippen LogP contribution in [0.3, 0.4) is 0 Å². The molecule has 8 nitrogen and oxygen atoms in total. The number of amides is 1. The number of fused-ring (bicyclic) bond motifs is 1. The van der Waals surface area contributed by atoms with E-state index >= 15 is 0 Å². The molecule has 3 aromatic rings. The lowest BCUT2D eigenvalue weighted by Crippen LogP contribution is -2.61. The second-order valence-electron chi connectivity index (χ2n) is 7.73. The number of aromatic nitrogens is 4. The molecule has 29 heavy (non-hydrogen) atoms. The van der Waals surface area contributed by atoms with E-state index in [0.29, 0.717) is 35.8 Å². The number of carbonyl (C=O) groups excluding carboxylic acids is 1. The summed E-state index contributed by atoms with van der Waals surface area (Å²) in [5.41, 5.74) is 7.47. The maximum Gasteiger partial charge on any atom is 0.236 e. The number of piperazine rings is 1. The van der Waals surface area contributed by atoms with Crippen LogP contribution in [0.2, 0.25) is 0 Å². The van der Waals surface area contributed by atoms with Crippen molar-refractivity contribution in [2.75, 3.05) is 18.0 Å². The number of imidazole rings is 1. The van der Waals surface area contributed by atoms with Crippen molar-refractivity contribution in [2.24, 2.45) is 5.73 Å². The molecule has 4 heterocycles. The SMILES string of the molecule is C[C@H]1[C@H](C(N)=O)NCCN1c1ccnc(-c2cnc3cc(F)c(C4CC4)cn23)n1. The zero-order chi connectivity index (χ0) is 20.1. The molecule has 2 atom stereocenters. The van der Waals surface area contributed by atoms with Gasteiger partial charge >= 0.3 is 0 Å². The van der Waals surface area contributed by atoms with Crippen molar-refractivity contribution in [3.8, 4) is 11.5 Å². The van der Waals surface area contributed by atoms with Crippen LogP contribution in [-0.2, 0) is 4.79 Å². The molecule has 2 fully saturated rings. The number of halogens is 1. The Kier molecular flexibility index (Phi) is 4.20. The molecule has 3 aromatic heterocycles. The van der Waals surface area contributed by atoms with Crippen molar-refractivity contribution >= 4 is 17.4 Å². The Balaban J connectivity index is 1.53. The standard InChI is InChI=1S/C20H22FN7O/c1-11-18(19(22)29)23-6-7-27(11)16-4-5-24-20(26-16)15-9-25-17-8-14(21)13(10-28(15)17)12-2-3-12/h4-5,8-12,18,23H,2-3,6-7H2,1H3,(H2,22,29)/t11-,18+/m0/s1. The highest BCUT2D eigenvalue weighted by molar-refractivity contribution is 5.81. The van der Waals surface area contributed by atoms with Crippen molar-refractivity contribution in [3.05, 3.63) is 42.1 Å². The number of pyridine rings is 1. The van der Waals surface area contributed by atoms with Crippen LogP contribution in [-0.4, -0.2) is 50.4 Å². The van der Waals surface area contributed by atoms with Crippen molar-refractivity contribution in [1.29, 1.82) is 0 Å². The lowest BCUT2D eigenvalue weighted by molar-refractivity contribution is -0.120. The predicted molar refractivity (Wildman–Crippen MR) is 106 cm³/mol. The van der Waals surface area contributed by atoms with Gasteiger partial charge in [-0.05, 0) is 31.7 Å². The van der Waals surface area contributed by atoms with E-state index in [1.54, 1.807) is 12.4 Å². The van der Waals surface area contributed by atoms with Crippen LogP contribution in [0.5, 0.6) is 0 Å². The summed E-state index contributed by atoms with van der Waals surface area (Å²) < 4.78 is 16.2. The van der Waals surface area contributed by atoms with Gasteiger partial charge in [0, 0.05) is 37.1 Å². The number of hydrogen-bond acceptors (Lipinski definition) is 6. The first-order chi connectivity index (χ1) is 14.0. The van der Waals surface area contributed by atoms with Crippen LogP contribution in [0.25, 0.3) is 17.2 Å². The van der Waals surface area contributed by atoms with Crippen LogP contribution in [0, 0.1) is 5.82 Å². The first kappa shape index (κ1) is 18.0. The Morgan fingerprint density at radius 2 is 2.17 bits per heavy atom. The second-order valence-corrected chi connectivity index (χ2v) is 7.73. The molecule has 150 valence electrons. The monoisotopic (exact) mass is 395 g/mol. The fourth-order valence-electron chi connectivity index (χ4n) is 4.06. The fourth-order valence-corrected chi connectivity index (χ4v) is 4.06. The topological polar surface area (TPSA) is 101 Å². The molecule has 0 unspecified atom stereocenters. The average molecular weight is 395 g/mol. The van der Waals surface area contributed by atoms with Gasteiger partial charge in [-0.2, -0.15) is 0 Å². The predicted octanol–water partition coefficient (Wildman–Crippen LogP) is 1.46. The third kappa shape index (κ3) is 3.11. The van der Waals surface area contributed by atoms with E-state index in [2.05, 4.69) is 20.2 Å². The summed E-state index contributed by atoms with van der Waals surface area (Å²) in [4.78, 5) is 27.2. The van der Waals surface area contributed by atoms with E-state index in [0.717, 1.165) is 18.7 Å². The summed E-state index contributed by atoms with van der Waals surface area (Å²) in [6.45, 7) is 3.28. The van der Waals surface area contributed by atoms with Crippen LogP contribution in [0.4, 0.5) is 10.2 Å². The van der Waals surface area contributed by atoms with Crippen LogP contribution < -0.4 is 16.0 Å². The number of carbonyl (C=O) groups is 1. The molecular formula is C20H22FN7O.